The molecule has 4 unspecified atom stereocenters. The minimum absolute atomic E-state index is 0.203. The van der Waals surface area contributed by atoms with Crippen molar-refractivity contribution >= 4 is 23.9 Å². The Morgan fingerprint density at radius 3 is 2.00 bits per heavy atom. The Labute approximate surface area is 274 Å². The molecule has 0 heterocycles. The average Bonchev–Trinajstić information content (AvgIpc) is 3.79. The second kappa shape index (κ2) is 15.1. The number of aryl methyl sites for hydroxylation is 2. The van der Waals surface area contributed by atoms with Gasteiger partial charge in [-0.25, -0.2) is 9.59 Å². The first kappa shape index (κ1) is 36.6. The second-order valence-electron chi connectivity index (χ2n) is 14.5. The van der Waals surface area contributed by atoms with Gasteiger partial charge in [0.1, 0.15) is 29.3 Å². The summed E-state index contributed by atoms with van der Waals surface area (Å²) in [4.78, 5) is 57.2. The maximum Gasteiger partial charge on any atom is 0.408 e. The van der Waals surface area contributed by atoms with Gasteiger partial charge < -0.3 is 25.0 Å². The average molecular weight is 636 g/mol. The molecule has 1 saturated carbocycles. The number of nitrogens with one attached hydrogen (secondary N) is 2. The number of carbonyl (C=O) groups is 4. The molecule has 9 nitrogen and oxygen atoms in total. The molecule has 4 atom stereocenters. The maximum absolute atomic E-state index is 14.6. The van der Waals surface area contributed by atoms with Crippen LogP contribution in [0.5, 0.6) is 0 Å². The summed E-state index contributed by atoms with van der Waals surface area (Å²) >= 11 is 0. The molecule has 0 aliphatic heterocycles. The number of hydrogen-bond acceptors (Lipinski definition) is 6. The Hall–Kier alpha value is -3.88. The smallest absolute Gasteiger partial charge is 0.408 e. The molecule has 1 fully saturated rings. The first-order valence-corrected chi connectivity index (χ1v) is 16.4. The fourth-order valence-corrected chi connectivity index (χ4v) is 5.19. The third-order valence-electron chi connectivity index (χ3n) is 8.01. The Balaban J connectivity index is 2.07. The minimum atomic E-state index is -1.05. The van der Waals surface area contributed by atoms with Crippen molar-refractivity contribution in [2.75, 3.05) is 0 Å². The Bertz CT molecular complexity index is 1370. The molecule has 3 amide bonds. The molecule has 46 heavy (non-hydrogen) atoms. The number of nitrogens with zero attached hydrogens (tertiary/aromatic N) is 1. The van der Waals surface area contributed by atoms with Gasteiger partial charge in [-0.2, -0.15) is 0 Å². The molecule has 252 valence electrons. The summed E-state index contributed by atoms with van der Waals surface area (Å²) in [6, 6.07) is 12.0. The van der Waals surface area contributed by atoms with Crippen molar-refractivity contribution in [1.82, 2.24) is 15.5 Å². The minimum Gasteiger partial charge on any atom is -0.458 e. The highest BCUT2D eigenvalue weighted by Crippen LogP contribution is 2.37. The molecule has 0 saturated heterocycles. The summed E-state index contributed by atoms with van der Waals surface area (Å²) in [7, 11) is 0. The van der Waals surface area contributed by atoms with Crippen LogP contribution < -0.4 is 10.6 Å². The van der Waals surface area contributed by atoms with Crippen LogP contribution in [0.3, 0.4) is 0 Å². The summed E-state index contributed by atoms with van der Waals surface area (Å²) in [5.74, 6) is -1.65. The Morgan fingerprint density at radius 2 is 1.48 bits per heavy atom. The highest BCUT2D eigenvalue weighted by Gasteiger charge is 2.46. The molecule has 0 radical (unpaired) electrons. The van der Waals surface area contributed by atoms with Gasteiger partial charge in [0.05, 0.1) is 0 Å². The zero-order valence-electron chi connectivity index (χ0n) is 29.2. The van der Waals surface area contributed by atoms with Crippen molar-refractivity contribution in [3.05, 3.63) is 70.8 Å². The van der Waals surface area contributed by atoms with E-state index < -0.39 is 47.3 Å². The number of amides is 3. The van der Waals surface area contributed by atoms with Gasteiger partial charge in [0.2, 0.25) is 11.8 Å². The number of ether oxygens (including phenoxy) is 2. The highest BCUT2D eigenvalue weighted by atomic mass is 16.6. The lowest BCUT2D eigenvalue weighted by Crippen LogP contribution is -2.57. The van der Waals surface area contributed by atoms with Crippen LogP contribution in [-0.4, -0.2) is 58.1 Å². The van der Waals surface area contributed by atoms with E-state index in [1.165, 1.54) is 0 Å². The third kappa shape index (κ3) is 10.6. The molecule has 0 spiro atoms. The van der Waals surface area contributed by atoms with Gasteiger partial charge in [-0.05, 0) is 96.4 Å². The van der Waals surface area contributed by atoms with E-state index in [0.29, 0.717) is 12.0 Å². The van der Waals surface area contributed by atoms with Crippen molar-refractivity contribution in [2.45, 2.75) is 130 Å². The van der Waals surface area contributed by atoms with Crippen molar-refractivity contribution in [2.24, 2.45) is 5.92 Å². The summed E-state index contributed by atoms with van der Waals surface area (Å²) in [6.07, 6.45) is 1.58. The van der Waals surface area contributed by atoms with Gasteiger partial charge >= 0.3 is 12.1 Å². The van der Waals surface area contributed by atoms with Gasteiger partial charge in [0.15, 0.2) is 0 Å². The van der Waals surface area contributed by atoms with Crippen LogP contribution in [0.15, 0.2) is 48.5 Å². The van der Waals surface area contributed by atoms with Crippen LogP contribution in [0.2, 0.25) is 0 Å². The summed E-state index contributed by atoms with van der Waals surface area (Å²) in [6.45, 7) is 18.4. The number of alkyl carbamates (subject to hydrolysis) is 1. The lowest BCUT2D eigenvalue weighted by molar-refractivity contribution is -0.159. The van der Waals surface area contributed by atoms with Gasteiger partial charge in [0.25, 0.3) is 0 Å². The third-order valence-corrected chi connectivity index (χ3v) is 8.01. The lowest BCUT2D eigenvalue weighted by Gasteiger charge is -2.37. The van der Waals surface area contributed by atoms with Gasteiger partial charge in [0, 0.05) is 12.5 Å². The number of hydrogen-bond donors (Lipinski definition) is 2. The standard InChI is InChI=1S/C37H53N3O6/c1-11-23(2)30(39-35(44)46-37(8,9)10)33(42)40(28-19-20-28)31(27-18-17-24(3)25(4)21-27)32(41)38-29(34(43)45-36(5,6)7)22-26-15-13-12-14-16-26/h12-18,21,23,28-31H,11,19-20,22H2,1-10H3,(H,38,41)(H,39,44). The largest absolute Gasteiger partial charge is 0.458 e. The van der Waals surface area contributed by atoms with E-state index in [1.54, 1.807) is 46.4 Å². The number of benzene rings is 2. The van der Waals surface area contributed by atoms with Crippen LogP contribution in [0.1, 0.15) is 103 Å². The van der Waals surface area contributed by atoms with E-state index in [4.69, 9.17) is 9.47 Å². The van der Waals surface area contributed by atoms with Crippen LogP contribution in [0, 0.1) is 19.8 Å². The van der Waals surface area contributed by atoms with Crippen LogP contribution in [0.4, 0.5) is 4.79 Å². The topological polar surface area (TPSA) is 114 Å². The van der Waals surface area contributed by atoms with Gasteiger partial charge in [-0.1, -0.05) is 68.8 Å². The van der Waals surface area contributed by atoms with E-state index in [9.17, 15) is 19.2 Å². The zero-order chi connectivity index (χ0) is 34.4. The second-order valence-corrected chi connectivity index (χ2v) is 14.5. The van der Waals surface area contributed by atoms with Crippen LogP contribution in [0.25, 0.3) is 0 Å². The lowest BCUT2D eigenvalue weighted by atomic mass is 9.94. The molecular formula is C37H53N3O6. The summed E-state index contributed by atoms with van der Waals surface area (Å²) in [5.41, 5.74) is 1.99. The molecule has 2 aromatic rings. The van der Waals surface area contributed by atoms with Gasteiger partial charge in [-0.15, -0.1) is 0 Å². The normalized spacial score (nSPS) is 16.0. The van der Waals surface area contributed by atoms with Crippen molar-refractivity contribution in [3.8, 4) is 0 Å². The van der Waals surface area contributed by atoms with E-state index in [0.717, 1.165) is 29.5 Å². The predicted molar refractivity (Wildman–Crippen MR) is 179 cm³/mol. The first-order valence-electron chi connectivity index (χ1n) is 16.4. The molecule has 0 aromatic heterocycles. The molecule has 3 rings (SSSR count). The number of carbonyl (C=O) groups excluding carboxylic acids is 4. The fraction of sp³-hybridized carbons (Fsp3) is 0.568. The molecule has 2 N–H and O–H groups in total. The summed E-state index contributed by atoms with van der Waals surface area (Å²) in [5, 5.41) is 5.79. The predicted octanol–water partition coefficient (Wildman–Crippen LogP) is 6.34. The van der Waals surface area contributed by atoms with Crippen molar-refractivity contribution in [3.63, 3.8) is 0 Å². The van der Waals surface area contributed by atoms with Crippen molar-refractivity contribution in [1.29, 1.82) is 0 Å². The molecule has 2 aromatic carbocycles. The van der Waals surface area contributed by atoms with Crippen LogP contribution >= 0.6 is 0 Å². The number of esters is 1. The Kier molecular flexibility index (Phi) is 12.0. The zero-order valence-corrected chi connectivity index (χ0v) is 29.2. The highest BCUT2D eigenvalue weighted by molar-refractivity contribution is 5.94. The monoisotopic (exact) mass is 635 g/mol. The van der Waals surface area contributed by atoms with E-state index in [-0.39, 0.29) is 24.3 Å². The van der Waals surface area contributed by atoms with E-state index >= 15 is 0 Å². The van der Waals surface area contributed by atoms with Crippen molar-refractivity contribution < 1.29 is 28.7 Å². The molecular weight excluding hydrogens is 582 g/mol. The number of rotatable bonds is 12. The molecule has 0 bridgehead atoms. The SMILES string of the molecule is CCC(C)C(NC(=O)OC(C)(C)C)C(=O)N(C1CC1)C(C(=O)NC(Cc1ccccc1)C(=O)OC(C)(C)C)c1ccc(C)c(C)c1. The quantitative estimate of drug-likeness (QED) is 0.263. The van der Waals surface area contributed by atoms with Gasteiger partial charge in [-0.3, -0.25) is 9.59 Å². The van der Waals surface area contributed by atoms with Crippen LogP contribution in [-0.2, 0) is 30.3 Å². The molecule has 1 aliphatic carbocycles. The summed E-state index contributed by atoms with van der Waals surface area (Å²) < 4.78 is 11.2. The van der Waals surface area contributed by atoms with E-state index in [1.807, 2.05) is 76.2 Å². The molecule has 9 heteroatoms. The fourth-order valence-electron chi connectivity index (χ4n) is 5.19. The molecule has 1 aliphatic rings. The maximum atomic E-state index is 14.6. The van der Waals surface area contributed by atoms with E-state index in [2.05, 4.69) is 10.6 Å². The Morgan fingerprint density at radius 1 is 0.870 bits per heavy atom. The first-order chi connectivity index (χ1) is 21.4.